The van der Waals surface area contributed by atoms with Gasteiger partial charge in [0.1, 0.15) is 0 Å². The van der Waals surface area contributed by atoms with Crippen LogP contribution in [0.4, 0.5) is 5.69 Å². The van der Waals surface area contributed by atoms with Gasteiger partial charge in [-0.2, -0.15) is 5.26 Å². The van der Waals surface area contributed by atoms with E-state index in [1.54, 1.807) is 0 Å². The number of nitrogens with zero attached hydrogens (tertiary/aromatic N) is 1. The van der Waals surface area contributed by atoms with E-state index in [4.69, 9.17) is 5.26 Å². The van der Waals surface area contributed by atoms with Crippen LogP contribution in [0.1, 0.15) is 31.7 Å². The van der Waals surface area contributed by atoms with Crippen LogP contribution in [-0.2, 0) is 6.42 Å². The summed E-state index contributed by atoms with van der Waals surface area (Å²) in [6, 6.07) is 11.1. The van der Waals surface area contributed by atoms with Crippen molar-refractivity contribution in [3.8, 4) is 6.07 Å². The van der Waals surface area contributed by atoms with Crippen LogP contribution in [-0.4, -0.2) is 6.04 Å². The number of aryl methyl sites for hydroxylation is 1. The molecule has 2 rings (SSSR count). The van der Waals surface area contributed by atoms with Gasteiger partial charge in [0.2, 0.25) is 0 Å². The smallest absolute Gasteiger partial charge is 0.0677 e. The molecule has 2 atom stereocenters. The molecule has 1 N–H and O–H groups in total. The van der Waals surface area contributed by atoms with Gasteiger partial charge in [0, 0.05) is 11.7 Å². The maximum Gasteiger partial charge on any atom is 0.0677 e. The number of benzene rings is 1. The Morgan fingerprint density at radius 2 is 2.19 bits per heavy atom. The second-order valence-electron chi connectivity index (χ2n) is 4.43. The Kier molecular flexibility index (Phi) is 3.46. The summed E-state index contributed by atoms with van der Waals surface area (Å²) in [4.78, 5) is 0. The van der Waals surface area contributed by atoms with Crippen molar-refractivity contribution in [2.45, 2.75) is 38.6 Å². The average molecular weight is 214 g/mol. The quantitative estimate of drug-likeness (QED) is 0.837. The van der Waals surface area contributed by atoms with Gasteiger partial charge < -0.3 is 5.32 Å². The molecule has 0 bridgehead atoms. The fourth-order valence-corrected chi connectivity index (χ4v) is 2.46. The molecule has 1 aromatic rings. The molecule has 2 unspecified atom stereocenters. The molecule has 84 valence electrons. The Balaban J connectivity index is 2.11. The van der Waals surface area contributed by atoms with Crippen LogP contribution in [0.2, 0.25) is 0 Å². The molecule has 0 aliphatic heterocycles. The van der Waals surface area contributed by atoms with E-state index in [2.05, 4.69) is 42.6 Å². The first-order chi connectivity index (χ1) is 7.85. The Labute approximate surface area is 97.3 Å². The monoisotopic (exact) mass is 214 g/mol. The third kappa shape index (κ3) is 2.19. The van der Waals surface area contributed by atoms with Crippen LogP contribution in [0.25, 0.3) is 0 Å². The first kappa shape index (κ1) is 11.0. The van der Waals surface area contributed by atoms with Crippen LogP contribution >= 0.6 is 0 Å². The molecular weight excluding hydrogens is 196 g/mol. The molecule has 0 heterocycles. The summed E-state index contributed by atoms with van der Waals surface area (Å²) in [5.74, 6) is 0.185. The summed E-state index contributed by atoms with van der Waals surface area (Å²) in [5.41, 5.74) is 2.54. The minimum atomic E-state index is 0.185. The topological polar surface area (TPSA) is 35.8 Å². The lowest BCUT2D eigenvalue weighted by Crippen LogP contribution is -2.23. The van der Waals surface area contributed by atoms with Crippen LogP contribution in [0.3, 0.4) is 0 Å². The number of hydrogen-bond acceptors (Lipinski definition) is 2. The van der Waals surface area contributed by atoms with Gasteiger partial charge in [0.05, 0.1) is 12.0 Å². The number of nitrogens with one attached hydrogen (secondary N) is 1. The SMILES string of the molecule is CCc1ccccc1NC1CCCC1C#N. The highest BCUT2D eigenvalue weighted by Crippen LogP contribution is 2.29. The van der Waals surface area contributed by atoms with E-state index >= 15 is 0 Å². The van der Waals surface area contributed by atoms with E-state index in [-0.39, 0.29) is 5.92 Å². The van der Waals surface area contributed by atoms with E-state index in [1.165, 1.54) is 17.7 Å². The lowest BCUT2D eigenvalue weighted by molar-refractivity contribution is 0.629. The molecule has 2 heteroatoms. The van der Waals surface area contributed by atoms with Gasteiger partial charge in [-0.1, -0.05) is 25.1 Å². The molecule has 0 radical (unpaired) electrons. The molecule has 0 aromatic heterocycles. The van der Waals surface area contributed by atoms with Crippen molar-refractivity contribution in [1.29, 1.82) is 5.26 Å². The van der Waals surface area contributed by atoms with Crippen molar-refractivity contribution in [3.05, 3.63) is 29.8 Å². The fraction of sp³-hybridized carbons (Fsp3) is 0.500. The summed E-state index contributed by atoms with van der Waals surface area (Å²) in [6.45, 7) is 2.16. The van der Waals surface area contributed by atoms with Gasteiger partial charge in [-0.15, -0.1) is 0 Å². The normalized spacial score (nSPS) is 24.0. The van der Waals surface area contributed by atoms with Crippen molar-refractivity contribution >= 4 is 5.69 Å². The predicted molar refractivity (Wildman–Crippen MR) is 66.2 cm³/mol. The zero-order chi connectivity index (χ0) is 11.4. The fourth-order valence-electron chi connectivity index (χ4n) is 2.46. The highest BCUT2D eigenvalue weighted by Gasteiger charge is 2.27. The molecule has 0 saturated heterocycles. The number of para-hydroxylation sites is 1. The van der Waals surface area contributed by atoms with E-state index in [0.717, 1.165) is 19.3 Å². The highest BCUT2D eigenvalue weighted by molar-refractivity contribution is 5.52. The summed E-state index contributed by atoms with van der Waals surface area (Å²) >= 11 is 0. The van der Waals surface area contributed by atoms with E-state index in [9.17, 15) is 0 Å². The molecule has 0 spiro atoms. The number of anilines is 1. The third-order valence-corrected chi connectivity index (χ3v) is 3.42. The van der Waals surface area contributed by atoms with Crippen molar-refractivity contribution in [2.75, 3.05) is 5.32 Å². The van der Waals surface area contributed by atoms with Crippen LogP contribution < -0.4 is 5.32 Å². The van der Waals surface area contributed by atoms with E-state index in [1.807, 2.05) is 0 Å². The standard InChI is InChI=1S/C14H18N2/c1-2-11-6-3-4-8-13(11)16-14-9-5-7-12(14)10-15/h3-4,6,8,12,14,16H,2,5,7,9H2,1H3. The Bertz CT molecular complexity index is 392. The molecule has 1 saturated carbocycles. The largest absolute Gasteiger partial charge is 0.381 e. The molecule has 16 heavy (non-hydrogen) atoms. The molecule has 2 nitrogen and oxygen atoms in total. The van der Waals surface area contributed by atoms with Crippen LogP contribution in [0.15, 0.2) is 24.3 Å². The first-order valence-electron chi connectivity index (χ1n) is 6.09. The zero-order valence-corrected chi connectivity index (χ0v) is 9.74. The van der Waals surface area contributed by atoms with Crippen molar-refractivity contribution in [2.24, 2.45) is 5.92 Å². The first-order valence-corrected chi connectivity index (χ1v) is 6.09. The average Bonchev–Trinajstić information content (AvgIpc) is 2.77. The number of hydrogen-bond donors (Lipinski definition) is 1. The Morgan fingerprint density at radius 1 is 1.38 bits per heavy atom. The third-order valence-electron chi connectivity index (χ3n) is 3.42. The van der Waals surface area contributed by atoms with Crippen LogP contribution in [0.5, 0.6) is 0 Å². The maximum atomic E-state index is 9.05. The number of nitriles is 1. The Morgan fingerprint density at radius 3 is 2.94 bits per heavy atom. The second kappa shape index (κ2) is 5.03. The van der Waals surface area contributed by atoms with Gasteiger partial charge in [0.15, 0.2) is 0 Å². The zero-order valence-electron chi connectivity index (χ0n) is 9.74. The highest BCUT2D eigenvalue weighted by atomic mass is 14.9. The summed E-state index contributed by atoms with van der Waals surface area (Å²) in [7, 11) is 0. The van der Waals surface area contributed by atoms with E-state index < -0.39 is 0 Å². The maximum absolute atomic E-state index is 9.05. The lowest BCUT2D eigenvalue weighted by Gasteiger charge is -2.19. The lowest BCUT2D eigenvalue weighted by atomic mass is 10.0. The molecule has 1 aliphatic carbocycles. The molecule has 1 aromatic carbocycles. The summed E-state index contributed by atoms with van der Waals surface area (Å²) in [5, 5.41) is 12.6. The summed E-state index contributed by atoms with van der Waals surface area (Å²) in [6.07, 6.45) is 4.37. The molecule has 1 aliphatic rings. The van der Waals surface area contributed by atoms with Gasteiger partial charge in [-0.25, -0.2) is 0 Å². The van der Waals surface area contributed by atoms with Gasteiger partial charge in [-0.3, -0.25) is 0 Å². The molecule has 1 fully saturated rings. The minimum Gasteiger partial charge on any atom is -0.381 e. The van der Waals surface area contributed by atoms with Crippen molar-refractivity contribution in [1.82, 2.24) is 0 Å². The van der Waals surface area contributed by atoms with Crippen molar-refractivity contribution < 1.29 is 0 Å². The minimum absolute atomic E-state index is 0.185. The summed E-state index contributed by atoms with van der Waals surface area (Å²) < 4.78 is 0. The van der Waals surface area contributed by atoms with Gasteiger partial charge in [0.25, 0.3) is 0 Å². The molecular formula is C14H18N2. The van der Waals surface area contributed by atoms with Crippen LogP contribution in [0, 0.1) is 17.2 Å². The van der Waals surface area contributed by atoms with E-state index in [0.29, 0.717) is 6.04 Å². The van der Waals surface area contributed by atoms with Crippen molar-refractivity contribution in [3.63, 3.8) is 0 Å². The Hall–Kier alpha value is -1.49. The van der Waals surface area contributed by atoms with Gasteiger partial charge in [-0.05, 0) is 37.3 Å². The molecule has 0 amide bonds. The number of rotatable bonds is 3. The van der Waals surface area contributed by atoms with Gasteiger partial charge >= 0.3 is 0 Å². The second-order valence-corrected chi connectivity index (χ2v) is 4.43. The predicted octanol–water partition coefficient (Wildman–Crippen LogP) is 3.35.